The van der Waals surface area contributed by atoms with Crippen LogP contribution in [0.2, 0.25) is 0 Å². The lowest BCUT2D eigenvalue weighted by Gasteiger charge is -2.45. The third kappa shape index (κ3) is 4.93. The Morgan fingerprint density at radius 2 is 2.11 bits per heavy atom. The van der Waals surface area contributed by atoms with Crippen molar-refractivity contribution in [1.29, 1.82) is 5.26 Å². The fourth-order valence-corrected chi connectivity index (χ4v) is 4.73. The number of hydrazine groups is 1. The average Bonchev–Trinajstić information content (AvgIpc) is 2.94. The zero-order valence-electron chi connectivity index (χ0n) is 19.8. The largest absolute Gasteiger partial charge is 0.488 e. The van der Waals surface area contributed by atoms with E-state index in [9.17, 15) is 10.1 Å². The summed E-state index contributed by atoms with van der Waals surface area (Å²) in [7, 11) is 0. The van der Waals surface area contributed by atoms with Crippen molar-refractivity contribution < 1.29 is 14.3 Å². The molecular formula is C27H28N6O3. The molecule has 1 aromatic carbocycles. The SMILES string of the molecule is N#CC1(C2(Cc3cccc(-c4ncc(OCC5CNCCO5)cn4)c3)C=CC(=O)NN2)C=CC=CC1. The van der Waals surface area contributed by atoms with Gasteiger partial charge in [-0.1, -0.05) is 48.6 Å². The summed E-state index contributed by atoms with van der Waals surface area (Å²) in [4.78, 5) is 20.9. The van der Waals surface area contributed by atoms with Crippen LogP contribution in [0, 0.1) is 16.7 Å². The van der Waals surface area contributed by atoms with Gasteiger partial charge in [0.25, 0.3) is 5.91 Å². The first kappa shape index (κ1) is 23.9. The maximum Gasteiger partial charge on any atom is 0.257 e. The van der Waals surface area contributed by atoms with E-state index in [2.05, 4.69) is 32.2 Å². The number of carbonyl (C=O) groups is 1. The highest BCUT2D eigenvalue weighted by Crippen LogP contribution is 2.42. The van der Waals surface area contributed by atoms with E-state index in [1.165, 1.54) is 6.08 Å². The van der Waals surface area contributed by atoms with Crippen molar-refractivity contribution in [2.24, 2.45) is 5.41 Å². The van der Waals surface area contributed by atoms with Crippen LogP contribution in [0.1, 0.15) is 12.0 Å². The molecule has 3 heterocycles. The molecule has 0 saturated carbocycles. The number of hydrogen-bond donors (Lipinski definition) is 3. The van der Waals surface area contributed by atoms with Gasteiger partial charge in [0.1, 0.15) is 18.1 Å². The van der Waals surface area contributed by atoms with Crippen LogP contribution >= 0.6 is 0 Å². The van der Waals surface area contributed by atoms with Gasteiger partial charge in [0.2, 0.25) is 0 Å². The van der Waals surface area contributed by atoms with Crippen LogP contribution in [0.3, 0.4) is 0 Å². The van der Waals surface area contributed by atoms with Gasteiger partial charge in [0.15, 0.2) is 11.6 Å². The third-order valence-corrected chi connectivity index (χ3v) is 6.73. The number of rotatable bonds is 7. The van der Waals surface area contributed by atoms with Crippen LogP contribution < -0.4 is 20.9 Å². The zero-order valence-corrected chi connectivity index (χ0v) is 19.8. The first-order valence-corrected chi connectivity index (χ1v) is 12.0. The fraction of sp³-hybridized carbons (Fsp3) is 0.333. The Labute approximate surface area is 209 Å². The fourth-order valence-electron chi connectivity index (χ4n) is 4.73. The Hall–Kier alpha value is -3.84. The number of nitriles is 1. The van der Waals surface area contributed by atoms with Gasteiger partial charge in [-0.25, -0.2) is 15.4 Å². The molecule has 0 spiro atoms. The van der Waals surface area contributed by atoms with Gasteiger partial charge in [0, 0.05) is 24.7 Å². The van der Waals surface area contributed by atoms with Gasteiger partial charge in [-0.15, -0.1) is 0 Å². The standard InChI is InChI=1S/C27H28N6O3/c28-19-26(8-2-1-3-9-26)27(10-7-24(34)32-33-27)14-20-5-4-6-21(13-20)25-30-16-22(17-31-25)36-18-23-15-29-11-12-35-23/h1-8,10,13,16-17,23,29,33H,9,11-12,14-15,18H2,(H,32,34). The van der Waals surface area contributed by atoms with Gasteiger partial charge in [0.05, 0.1) is 30.6 Å². The summed E-state index contributed by atoms with van der Waals surface area (Å²) in [6, 6.07) is 10.4. The summed E-state index contributed by atoms with van der Waals surface area (Å²) in [5.74, 6) is 0.915. The Bertz CT molecular complexity index is 1230. The van der Waals surface area contributed by atoms with Crippen molar-refractivity contribution in [3.63, 3.8) is 0 Å². The number of allylic oxidation sites excluding steroid dienone is 3. The van der Waals surface area contributed by atoms with E-state index in [1.54, 1.807) is 18.5 Å². The van der Waals surface area contributed by atoms with E-state index in [4.69, 9.17) is 9.47 Å². The maximum absolute atomic E-state index is 11.9. The molecule has 1 amide bonds. The minimum atomic E-state index is -0.866. The van der Waals surface area contributed by atoms with Gasteiger partial charge in [-0.2, -0.15) is 5.26 Å². The van der Waals surface area contributed by atoms with Crippen molar-refractivity contribution in [3.05, 3.63) is 78.7 Å². The second-order valence-corrected chi connectivity index (χ2v) is 9.12. The monoisotopic (exact) mass is 484 g/mol. The van der Waals surface area contributed by atoms with Crippen molar-refractivity contribution in [2.45, 2.75) is 24.5 Å². The zero-order chi connectivity index (χ0) is 24.8. The molecule has 2 aromatic rings. The van der Waals surface area contributed by atoms with Crippen molar-refractivity contribution >= 4 is 5.91 Å². The smallest absolute Gasteiger partial charge is 0.257 e. The second kappa shape index (κ2) is 10.4. The number of aromatic nitrogens is 2. The van der Waals surface area contributed by atoms with Crippen LogP contribution in [-0.2, 0) is 16.0 Å². The molecule has 184 valence electrons. The molecular weight excluding hydrogens is 456 g/mol. The molecule has 0 bridgehead atoms. The van der Waals surface area contributed by atoms with Crippen LogP contribution in [0.25, 0.3) is 11.4 Å². The number of amides is 1. The van der Waals surface area contributed by atoms with Gasteiger partial charge < -0.3 is 14.8 Å². The highest BCUT2D eigenvalue weighted by molar-refractivity contribution is 5.88. The van der Waals surface area contributed by atoms with Gasteiger partial charge in [-0.3, -0.25) is 10.2 Å². The molecule has 1 fully saturated rings. The highest BCUT2D eigenvalue weighted by atomic mass is 16.5. The van der Waals surface area contributed by atoms with E-state index >= 15 is 0 Å². The number of hydrogen-bond acceptors (Lipinski definition) is 8. The lowest BCUT2D eigenvalue weighted by molar-refractivity contribution is -0.119. The van der Waals surface area contributed by atoms with E-state index < -0.39 is 11.0 Å². The molecule has 1 aromatic heterocycles. The van der Waals surface area contributed by atoms with E-state index in [-0.39, 0.29) is 12.0 Å². The quantitative estimate of drug-likeness (QED) is 0.546. The number of ether oxygens (including phenoxy) is 2. The number of nitrogens with zero attached hydrogens (tertiary/aromatic N) is 3. The van der Waals surface area contributed by atoms with Crippen molar-refractivity contribution in [2.75, 3.05) is 26.3 Å². The summed E-state index contributed by atoms with van der Waals surface area (Å²) in [5, 5.41) is 13.5. The van der Waals surface area contributed by atoms with Gasteiger partial charge in [-0.05, 0) is 24.5 Å². The molecule has 0 radical (unpaired) electrons. The number of carbonyl (C=O) groups excluding carboxylic acids is 1. The first-order chi connectivity index (χ1) is 17.6. The van der Waals surface area contributed by atoms with Crippen LogP contribution in [0.4, 0.5) is 0 Å². The molecule has 1 aliphatic carbocycles. The maximum atomic E-state index is 11.9. The van der Waals surface area contributed by atoms with Crippen LogP contribution in [0.5, 0.6) is 5.75 Å². The first-order valence-electron chi connectivity index (χ1n) is 12.0. The molecule has 2 aliphatic heterocycles. The Kier molecular flexibility index (Phi) is 6.91. The third-order valence-electron chi connectivity index (χ3n) is 6.73. The molecule has 3 unspecified atom stereocenters. The molecule has 3 aliphatic rings. The highest BCUT2D eigenvalue weighted by Gasteiger charge is 2.50. The number of benzene rings is 1. The summed E-state index contributed by atoms with van der Waals surface area (Å²) >= 11 is 0. The predicted octanol–water partition coefficient (Wildman–Crippen LogP) is 2.01. The normalized spacial score (nSPS) is 27.3. The summed E-state index contributed by atoms with van der Waals surface area (Å²) in [5.41, 5.74) is 5.98. The minimum Gasteiger partial charge on any atom is -0.488 e. The molecule has 3 N–H and O–H groups in total. The average molecular weight is 485 g/mol. The summed E-state index contributed by atoms with van der Waals surface area (Å²) in [6.45, 7) is 2.75. The molecule has 9 nitrogen and oxygen atoms in total. The predicted molar refractivity (Wildman–Crippen MR) is 133 cm³/mol. The Balaban J connectivity index is 1.35. The summed E-state index contributed by atoms with van der Waals surface area (Å²) < 4.78 is 11.4. The topological polar surface area (TPSA) is 121 Å². The Morgan fingerprint density at radius 3 is 2.81 bits per heavy atom. The number of morpholine rings is 1. The van der Waals surface area contributed by atoms with Crippen LogP contribution in [-0.4, -0.2) is 53.8 Å². The molecule has 3 atom stereocenters. The number of nitrogens with one attached hydrogen (secondary N) is 3. The van der Waals surface area contributed by atoms with Crippen LogP contribution in [0.15, 0.2) is 73.1 Å². The second-order valence-electron chi connectivity index (χ2n) is 9.12. The lowest BCUT2D eigenvalue weighted by Crippen LogP contribution is -2.64. The van der Waals surface area contributed by atoms with Crippen molar-refractivity contribution in [1.82, 2.24) is 26.1 Å². The van der Waals surface area contributed by atoms with E-state index in [0.29, 0.717) is 37.6 Å². The Morgan fingerprint density at radius 1 is 1.22 bits per heavy atom. The summed E-state index contributed by atoms with van der Waals surface area (Å²) in [6.07, 6.45) is 15.3. The lowest BCUT2D eigenvalue weighted by atomic mass is 9.64. The molecule has 9 heteroatoms. The van der Waals surface area contributed by atoms with E-state index in [0.717, 1.165) is 24.2 Å². The molecule has 5 rings (SSSR count). The molecule has 1 saturated heterocycles. The van der Waals surface area contributed by atoms with Crippen molar-refractivity contribution in [3.8, 4) is 23.2 Å². The van der Waals surface area contributed by atoms with Gasteiger partial charge >= 0.3 is 0 Å². The molecule has 36 heavy (non-hydrogen) atoms. The van der Waals surface area contributed by atoms with E-state index in [1.807, 2.05) is 48.6 Å². The minimum absolute atomic E-state index is 0.0147.